The fraction of sp³-hybridized carbons (Fsp3) is 0.500. The molecule has 1 unspecified atom stereocenters. The van der Waals surface area contributed by atoms with Crippen molar-refractivity contribution in [2.75, 3.05) is 13.2 Å². The lowest BCUT2D eigenvalue weighted by Gasteiger charge is -2.08. The number of carbonyl (C=O) groups is 1. The zero-order chi connectivity index (χ0) is 14.1. The Morgan fingerprint density at radius 3 is 2.89 bits per heavy atom. The lowest BCUT2D eigenvalue weighted by atomic mass is 10.2. The fourth-order valence-corrected chi connectivity index (χ4v) is 1.53. The highest BCUT2D eigenvalue weighted by Crippen LogP contribution is 2.15. The number of carbonyl (C=O) groups excluding carboxylic acids is 1. The van der Waals surface area contributed by atoms with E-state index in [1.54, 1.807) is 19.1 Å². The van der Waals surface area contributed by atoms with Crippen LogP contribution in [-0.2, 0) is 4.79 Å². The zero-order valence-corrected chi connectivity index (χ0v) is 11.1. The number of hydrogen-bond acceptors (Lipinski definition) is 3. The van der Waals surface area contributed by atoms with Gasteiger partial charge >= 0.3 is 0 Å². The maximum Gasteiger partial charge on any atom is 0.223 e. The third-order valence-corrected chi connectivity index (χ3v) is 2.54. The molecule has 0 fully saturated rings. The second kappa shape index (κ2) is 8.48. The Bertz CT molecular complexity index is 396. The molecule has 1 aromatic rings. The molecular weight excluding hydrogens is 249 g/mol. The molecule has 19 heavy (non-hydrogen) atoms. The van der Waals surface area contributed by atoms with Crippen LogP contribution in [0.15, 0.2) is 24.3 Å². The standard InChI is InChI=1S/C14H20FNO3/c1-11(17)5-4-9-16-14(18)8-10-19-13-7-3-2-6-12(13)15/h2-3,6-7,11,17H,4-5,8-10H2,1H3,(H,16,18). The fourth-order valence-electron chi connectivity index (χ4n) is 1.53. The van der Waals surface area contributed by atoms with Gasteiger partial charge in [-0.2, -0.15) is 0 Å². The molecule has 1 atom stereocenters. The summed E-state index contributed by atoms with van der Waals surface area (Å²) in [5, 5.41) is 11.8. The SMILES string of the molecule is CC(O)CCCNC(=O)CCOc1ccccc1F. The molecule has 0 heterocycles. The molecule has 0 saturated carbocycles. The van der Waals surface area contributed by atoms with Gasteiger partial charge < -0.3 is 15.2 Å². The first-order valence-corrected chi connectivity index (χ1v) is 6.41. The summed E-state index contributed by atoms with van der Waals surface area (Å²) in [6.07, 6.45) is 1.23. The van der Waals surface area contributed by atoms with Crippen molar-refractivity contribution < 1.29 is 19.0 Å². The van der Waals surface area contributed by atoms with Gasteiger partial charge in [0.05, 0.1) is 19.1 Å². The van der Waals surface area contributed by atoms with Gasteiger partial charge in [0.25, 0.3) is 0 Å². The molecule has 0 bridgehead atoms. The van der Waals surface area contributed by atoms with Crippen molar-refractivity contribution in [3.63, 3.8) is 0 Å². The number of halogens is 1. The Kier molecular flexibility index (Phi) is 6.89. The second-order valence-electron chi connectivity index (χ2n) is 4.37. The average molecular weight is 269 g/mol. The number of nitrogens with one attached hydrogen (secondary N) is 1. The summed E-state index contributed by atoms with van der Waals surface area (Å²) >= 11 is 0. The molecule has 0 aliphatic carbocycles. The summed E-state index contributed by atoms with van der Waals surface area (Å²) in [7, 11) is 0. The number of rotatable bonds is 8. The van der Waals surface area contributed by atoms with E-state index in [0.717, 1.165) is 6.42 Å². The van der Waals surface area contributed by atoms with Crippen LogP contribution in [0.4, 0.5) is 4.39 Å². The third kappa shape index (κ3) is 6.76. The van der Waals surface area contributed by atoms with E-state index in [0.29, 0.717) is 13.0 Å². The number of benzene rings is 1. The van der Waals surface area contributed by atoms with Crippen LogP contribution in [0.3, 0.4) is 0 Å². The van der Waals surface area contributed by atoms with Crippen LogP contribution < -0.4 is 10.1 Å². The van der Waals surface area contributed by atoms with E-state index >= 15 is 0 Å². The van der Waals surface area contributed by atoms with E-state index in [1.807, 2.05) is 0 Å². The number of hydrogen-bond donors (Lipinski definition) is 2. The molecule has 4 nitrogen and oxygen atoms in total. The lowest BCUT2D eigenvalue weighted by molar-refractivity contribution is -0.121. The van der Waals surface area contributed by atoms with Gasteiger partial charge in [-0.15, -0.1) is 0 Å². The quantitative estimate of drug-likeness (QED) is 0.708. The largest absolute Gasteiger partial charge is 0.490 e. The van der Waals surface area contributed by atoms with Crippen LogP contribution >= 0.6 is 0 Å². The molecule has 1 rings (SSSR count). The number of aliphatic hydroxyl groups is 1. The van der Waals surface area contributed by atoms with Gasteiger partial charge in [-0.3, -0.25) is 4.79 Å². The number of aliphatic hydroxyl groups excluding tert-OH is 1. The number of amides is 1. The van der Waals surface area contributed by atoms with Crippen molar-refractivity contribution in [2.45, 2.75) is 32.3 Å². The minimum absolute atomic E-state index is 0.137. The molecule has 0 aliphatic heterocycles. The van der Waals surface area contributed by atoms with Crippen LogP contribution in [0.5, 0.6) is 5.75 Å². The number of para-hydroxylation sites is 1. The Morgan fingerprint density at radius 1 is 1.47 bits per heavy atom. The molecule has 0 spiro atoms. The van der Waals surface area contributed by atoms with E-state index in [4.69, 9.17) is 9.84 Å². The Hall–Kier alpha value is -1.62. The highest BCUT2D eigenvalue weighted by molar-refractivity contribution is 5.75. The zero-order valence-electron chi connectivity index (χ0n) is 11.1. The molecule has 5 heteroatoms. The Balaban J connectivity index is 2.12. The van der Waals surface area contributed by atoms with Crippen LogP contribution in [0.25, 0.3) is 0 Å². The molecule has 1 aromatic carbocycles. The minimum atomic E-state index is -0.431. The summed E-state index contributed by atoms with van der Waals surface area (Å²) < 4.78 is 18.4. The monoisotopic (exact) mass is 269 g/mol. The highest BCUT2D eigenvalue weighted by Gasteiger charge is 2.04. The Morgan fingerprint density at radius 2 is 2.21 bits per heavy atom. The van der Waals surface area contributed by atoms with Gasteiger partial charge in [0.1, 0.15) is 0 Å². The number of ether oxygens (including phenoxy) is 1. The summed E-state index contributed by atoms with van der Waals surface area (Å²) in [4.78, 5) is 11.4. The van der Waals surface area contributed by atoms with Crippen LogP contribution in [0, 0.1) is 5.82 Å². The lowest BCUT2D eigenvalue weighted by Crippen LogP contribution is -2.26. The van der Waals surface area contributed by atoms with E-state index in [9.17, 15) is 9.18 Å². The van der Waals surface area contributed by atoms with Gasteiger partial charge in [-0.05, 0) is 31.9 Å². The van der Waals surface area contributed by atoms with Crippen LogP contribution in [0.2, 0.25) is 0 Å². The maximum absolute atomic E-state index is 13.2. The maximum atomic E-state index is 13.2. The van der Waals surface area contributed by atoms with Crippen molar-refractivity contribution in [1.82, 2.24) is 5.32 Å². The first-order valence-electron chi connectivity index (χ1n) is 6.41. The van der Waals surface area contributed by atoms with Crippen LogP contribution in [0.1, 0.15) is 26.2 Å². The molecule has 0 saturated heterocycles. The van der Waals surface area contributed by atoms with Gasteiger partial charge in [-0.1, -0.05) is 12.1 Å². The van der Waals surface area contributed by atoms with E-state index in [2.05, 4.69) is 5.32 Å². The van der Waals surface area contributed by atoms with Gasteiger partial charge in [0.15, 0.2) is 11.6 Å². The average Bonchev–Trinajstić information content (AvgIpc) is 2.37. The molecular formula is C14H20FNO3. The van der Waals surface area contributed by atoms with Crippen molar-refractivity contribution >= 4 is 5.91 Å². The Labute approximate surface area is 112 Å². The van der Waals surface area contributed by atoms with Gasteiger partial charge in [0, 0.05) is 6.54 Å². The summed E-state index contributed by atoms with van der Waals surface area (Å²) in [6, 6.07) is 6.09. The highest BCUT2D eigenvalue weighted by atomic mass is 19.1. The summed E-state index contributed by atoms with van der Waals surface area (Å²) in [5.74, 6) is -0.411. The van der Waals surface area contributed by atoms with Crippen molar-refractivity contribution in [3.8, 4) is 5.75 Å². The van der Waals surface area contributed by atoms with Crippen molar-refractivity contribution in [3.05, 3.63) is 30.1 Å². The van der Waals surface area contributed by atoms with Crippen molar-refractivity contribution in [1.29, 1.82) is 0 Å². The molecule has 1 amide bonds. The summed E-state index contributed by atoms with van der Waals surface area (Å²) in [5.41, 5.74) is 0. The van der Waals surface area contributed by atoms with Gasteiger partial charge in [-0.25, -0.2) is 4.39 Å². The third-order valence-electron chi connectivity index (χ3n) is 2.54. The molecule has 106 valence electrons. The first-order chi connectivity index (χ1) is 9.09. The van der Waals surface area contributed by atoms with Crippen LogP contribution in [-0.4, -0.2) is 30.3 Å². The van der Waals surface area contributed by atoms with E-state index in [1.165, 1.54) is 12.1 Å². The molecule has 0 aliphatic rings. The predicted molar refractivity (Wildman–Crippen MR) is 70.4 cm³/mol. The first kappa shape index (κ1) is 15.4. The molecule has 0 radical (unpaired) electrons. The smallest absolute Gasteiger partial charge is 0.223 e. The topological polar surface area (TPSA) is 58.6 Å². The van der Waals surface area contributed by atoms with Crippen molar-refractivity contribution in [2.24, 2.45) is 0 Å². The molecule has 2 N–H and O–H groups in total. The second-order valence-corrected chi connectivity index (χ2v) is 4.37. The summed E-state index contributed by atoms with van der Waals surface area (Å²) in [6.45, 7) is 2.39. The van der Waals surface area contributed by atoms with E-state index in [-0.39, 0.29) is 30.8 Å². The minimum Gasteiger partial charge on any atom is -0.490 e. The van der Waals surface area contributed by atoms with Gasteiger partial charge in [0.2, 0.25) is 5.91 Å². The normalized spacial score (nSPS) is 11.9. The molecule has 0 aromatic heterocycles. The van der Waals surface area contributed by atoms with E-state index < -0.39 is 5.82 Å². The predicted octanol–water partition coefficient (Wildman–Crippen LogP) is 1.87.